The summed E-state index contributed by atoms with van der Waals surface area (Å²) in [6.07, 6.45) is 0. The highest BCUT2D eigenvalue weighted by molar-refractivity contribution is 7.80. The van der Waals surface area contributed by atoms with Gasteiger partial charge in [-0.1, -0.05) is 23.8 Å². The van der Waals surface area contributed by atoms with Crippen molar-refractivity contribution in [2.45, 2.75) is 13.8 Å². The minimum Gasteiger partial charge on any atom is -0.389 e. The fourth-order valence-electron chi connectivity index (χ4n) is 1.73. The molecule has 0 heterocycles. The van der Waals surface area contributed by atoms with Gasteiger partial charge >= 0.3 is 0 Å². The summed E-state index contributed by atoms with van der Waals surface area (Å²) in [4.78, 5) is 13.7. The van der Waals surface area contributed by atoms with Crippen LogP contribution < -0.4 is 16.0 Å². The first-order chi connectivity index (χ1) is 8.45. The van der Waals surface area contributed by atoms with Crippen LogP contribution >= 0.6 is 12.2 Å². The number of anilines is 1. The third-order valence-electron chi connectivity index (χ3n) is 2.58. The lowest BCUT2D eigenvalue weighted by Gasteiger charge is -2.22. The van der Waals surface area contributed by atoms with Gasteiger partial charge in [-0.3, -0.25) is 4.79 Å². The third-order valence-corrected chi connectivity index (χ3v) is 2.80. The molecule has 0 aliphatic rings. The predicted octanol–water partition coefficient (Wildman–Crippen LogP) is 1.20. The molecule has 0 spiro atoms. The number of nitrogens with one attached hydrogen (secondary N) is 1. The second-order valence-electron chi connectivity index (χ2n) is 4.19. The monoisotopic (exact) mass is 265 g/mol. The van der Waals surface area contributed by atoms with Crippen LogP contribution in [0, 0.1) is 6.92 Å². The van der Waals surface area contributed by atoms with E-state index in [-0.39, 0.29) is 12.5 Å². The number of nitrogens with two attached hydrogens (primary N) is 1. The molecule has 3 N–H and O–H groups in total. The molecule has 4 nitrogen and oxygen atoms in total. The number of carbonyl (C=O) groups is 1. The molecule has 0 aliphatic carbocycles. The molecular formula is C13H19N3OS. The number of hydrogen-bond donors (Lipinski definition) is 2. The Kier molecular flexibility index (Phi) is 5.09. The third kappa shape index (κ3) is 3.70. The molecule has 0 aromatic heterocycles. The van der Waals surface area contributed by atoms with Crippen LogP contribution in [0.25, 0.3) is 0 Å². The minimum atomic E-state index is -0.0190. The maximum atomic E-state index is 11.6. The molecule has 0 bridgehead atoms. The van der Waals surface area contributed by atoms with Crippen molar-refractivity contribution in [3.63, 3.8) is 0 Å². The molecule has 1 amide bonds. The SMILES string of the molecule is CCNC(=O)CN(C)c1ccc(C)cc1C(N)=S. The second kappa shape index (κ2) is 6.35. The van der Waals surface area contributed by atoms with Crippen molar-refractivity contribution in [1.29, 1.82) is 0 Å². The largest absolute Gasteiger partial charge is 0.389 e. The van der Waals surface area contributed by atoms with Gasteiger partial charge in [0, 0.05) is 24.8 Å². The summed E-state index contributed by atoms with van der Waals surface area (Å²) in [6.45, 7) is 4.79. The Morgan fingerprint density at radius 3 is 2.72 bits per heavy atom. The minimum absolute atomic E-state index is 0.0190. The van der Waals surface area contributed by atoms with E-state index in [1.807, 2.05) is 44.0 Å². The second-order valence-corrected chi connectivity index (χ2v) is 4.63. The first kappa shape index (κ1) is 14.4. The Labute approximate surface area is 113 Å². The van der Waals surface area contributed by atoms with Gasteiger partial charge in [-0.05, 0) is 26.0 Å². The van der Waals surface area contributed by atoms with E-state index in [1.165, 1.54) is 0 Å². The Morgan fingerprint density at radius 2 is 2.17 bits per heavy atom. The normalized spacial score (nSPS) is 9.94. The fourth-order valence-corrected chi connectivity index (χ4v) is 1.90. The van der Waals surface area contributed by atoms with E-state index in [1.54, 1.807) is 0 Å². The molecule has 0 atom stereocenters. The van der Waals surface area contributed by atoms with Crippen molar-refractivity contribution in [2.24, 2.45) is 5.73 Å². The molecule has 0 radical (unpaired) electrons. The molecule has 0 saturated heterocycles. The van der Waals surface area contributed by atoms with Crippen molar-refractivity contribution < 1.29 is 4.79 Å². The molecule has 0 fully saturated rings. The van der Waals surface area contributed by atoms with Crippen molar-refractivity contribution >= 4 is 28.8 Å². The lowest BCUT2D eigenvalue weighted by molar-refractivity contribution is -0.119. The van der Waals surface area contributed by atoms with Crippen LogP contribution in [0.2, 0.25) is 0 Å². The fraction of sp³-hybridized carbons (Fsp3) is 0.385. The summed E-state index contributed by atoms with van der Waals surface area (Å²) in [7, 11) is 1.85. The summed E-state index contributed by atoms with van der Waals surface area (Å²) >= 11 is 5.04. The van der Waals surface area contributed by atoms with Crippen LogP contribution in [-0.2, 0) is 4.79 Å². The van der Waals surface area contributed by atoms with Gasteiger partial charge in [0.2, 0.25) is 5.91 Å². The van der Waals surface area contributed by atoms with Crippen LogP contribution in [0.5, 0.6) is 0 Å². The number of likely N-dealkylation sites (N-methyl/N-ethyl adjacent to an activating group) is 2. The van der Waals surface area contributed by atoms with Crippen molar-refractivity contribution in [3.8, 4) is 0 Å². The predicted molar refractivity (Wildman–Crippen MR) is 79.0 cm³/mol. The van der Waals surface area contributed by atoms with Gasteiger partial charge in [0.05, 0.1) is 6.54 Å². The smallest absolute Gasteiger partial charge is 0.239 e. The Morgan fingerprint density at radius 1 is 1.50 bits per heavy atom. The summed E-state index contributed by atoms with van der Waals surface area (Å²) in [5.41, 5.74) is 8.48. The Balaban J connectivity index is 2.94. The topological polar surface area (TPSA) is 58.4 Å². The number of amides is 1. The average molecular weight is 265 g/mol. The molecule has 1 aromatic rings. The molecule has 1 aromatic carbocycles. The van der Waals surface area contributed by atoms with Crippen molar-refractivity contribution in [1.82, 2.24) is 5.32 Å². The summed E-state index contributed by atoms with van der Waals surface area (Å²) in [5, 5.41) is 2.76. The Hall–Kier alpha value is -1.62. The standard InChI is InChI=1S/C13H19N3OS/c1-4-15-12(17)8-16(3)11-6-5-9(2)7-10(11)13(14)18/h5-7H,4,8H2,1-3H3,(H2,14,18)(H,15,17). The molecule has 0 saturated carbocycles. The average Bonchev–Trinajstić information content (AvgIpc) is 2.28. The lowest BCUT2D eigenvalue weighted by Crippen LogP contribution is -2.35. The van der Waals surface area contributed by atoms with Crippen molar-refractivity contribution in [3.05, 3.63) is 29.3 Å². The van der Waals surface area contributed by atoms with Crippen molar-refractivity contribution in [2.75, 3.05) is 25.0 Å². The van der Waals surface area contributed by atoms with Crippen LogP contribution in [0.15, 0.2) is 18.2 Å². The van der Waals surface area contributed by atoms with Gasteiger partial charge in [0.25, 0.3) is 0 Å². The molecule has 0 aliphatic heterocycles. The van der Waals surface area contributed by atoms with E-state index in [2.05, 4.69) is 5.32 Å². The summed E-state index contributed by atoms with van der Waals surface area (Å²) < 4.78 is 0. The molecule has 0 unspecified atom stereocenters. The molecule has 5 heteroatoms. The van der Waals surface area contributed by atoms with E-state index < -0.39 is 0 Å². The first-order valence-electron chi connectivity index (χ1n) is 5.84. The van der Waals surface area contributed by atoms with E-state index >= 15 is 0 Å². The highest BCUT2D eigenvalue weighted by Crippen LogP contribution is 2.20. The zero-order valence-corrected chi connectivity index (χ0v) is 11.8. The number of hydrogen-bond acceptors (Lipinski definition) is 3. The van der Waals surface area contributed by atoms with Crippen LogP contribution in [0.3, 0.4) is 0 Å². The van der Waals surface area contributed by atoms with E-state index in [0.29, 0.717) is 11.5 Å². The molecule has 18 heavy (non-hydrogen) atoms. The number of rotatable bonds is 5. The first-order valence-corrected chi connectivity index (χ1v) is 6.24. The zero-order chi connectivity index (χ0) is 13.7. The van der Waals surface area contributed by atoms with Crippen LogP contribution in [0.1, 0.15) is 18.1 Å². The van der Waals surface area contributed by atoms with Gasteiger partial charge < -0.3 is 16.0 Å². The Bertz CT molecular complexity index is 460. The number of aryl methyl sites for hydroxylation is 1. The number of carbonyl (C=O) groups excluding carboxylic acids is 1. The molecule has 98 valence electrons. The van der Waals surface area contributed by atoms with E-state index in [0.717, 1.165) is 16.8 Å². The number of benzene rings is 1. The van der Waals surface area contributed by atoms with Gasteiger partial charge in [-0.15, -0.1) is 0 Å². The van der Waals surface area contributed by atoms with E-state index in [4.69, 9.17) is 18.0 Å². The molecule has 1 rings (SSSR count). The maximum absolute atomic E-state index is 11.6. The zero-order valence-electron chi connectivity index (χ0n) is 11.0. The number of nitrogens with zero attached hydrogens (tertiary/aromatic N) is 1. The van der Waals surface area contributed by atoms with Crippen LogP contribution in [-0.4, -0.2) is 31.0 Å². The van der Waals surface area contributed by atoms with Gasteiger partial charge in [-0.25, -0.2) is 0 Å². The number of thiocarbonyl (C=S) groups is 1. The lowest BCUT2D eigenvalue weighted by atomic mass is 10.1. The van der Waals surface area contributed by atoms with Gasteiger partial charge in [0.1, 0.15) is 4.99 Å². The van der Waals surface area contributed by atoms with Gasteiger partial charge in [0.15, 0.2) is 0 Å². The summed E-state index contributed by atoms with van der Waals surface area (Å²) in [5.74, 6) is -0.0190. The van der Waals surface area contributed by atoms with E-state index in [9.17, 15) is 4.79 Å². The highest BCUT2D eigenvalue weighted by Gasteiger charge is 2.12. The van der Waals surface area contributed by atoms with Gasteiger partial charge in [-0.2, -0.15) is 0 Å². The summed E-state index contributed by atoms with van der Waals surface area (Å²) in [6, 6.07) is 5.85. The maximum Gasteiger partial charge on any atom is 0.239 e. The quantitative estimate of drug-likeness (QED) is 0.786. The molecular weight excluding hydrogens is 246 g/mol. The van der Waals surface area contributed by atoms with Crippen LogP contribution in [0.4, 0.5) is 5.69 Å². The highest BCUT2D eigenvalue weighted by atomic mass is 32.1.